The number of nitrogens with zero attached hydrogens (tertiary/aromatic N) is 2. The van der Waals surface area contributed by atoms with Crippen LogP contribution < -0.4 is 5.73 Å². The molecule has 0 aliphatic heterocycles. The topological polar surface area (TPSA) is 64.9 Å². The van der Waals surface area contributed by atoms with Gasteiger partial charge in [0.25, 0.3) is 0 Å². The molecule has 1 aromatic heterocycles. The van der Waals surface area contributed by atoms with Crippen LogP contribution in [0.15, 0.2) is 34.9 Å². The fraction of sp³-hybridized carbons (Fsp3) is 0.529. The van der Waals surface area contributed by atoms with E-state index in [-0.39, 0.29) is 5.92 Å². The average Bonchev–Trinajstić information content (AvgIpc) is 3.25. The Labute approximate surface area is 124 Å². The Morgan fingerprint density at radius 1 is 1.19 bits per heavy atom. The molecule has 0 amide bonds. The molecule has 2 aromatic rings. The van der Waals surface area contributed by atoms with Crippen LogP contribution in [0.25, 0.3) is 0 Å². The predicted molar refractivity (Wildman–Crippen MR) is 79.8 cm³/mol. The van der Waals surface area contributed by atoms with Gasteiger partial charge in [0.1, 0.15) is 0 Å². The largest absolute Gasteiger partial charge is 0.339 e. The van der Waals surface area contributed by atoms with E-state index in [9.17, 15) is 0 Å². The number of nitrogens with two attached hydrogens (primary N) is 1. The van der Waals surface area contributed by atoms with Gasteiger partial charge in [-0.25, -0.2) is 0 Å². The van der Waals surface area contributed by atoms with Gasteiger partial charge in [0.2, 0.25) is 5.89 Å². The van der Waals surface area contributed by atoms with Gasteiger partial charge in [0.15, 0.2) is 5.82 Å². The van der Waals surface area contributed by atoms with E-state index in [1.807, 2.05) is 18.2 Å². The zero-order chi connectivity index (χ0) is 14.2. The number of aromatic nitrogens is 2. The van der Waals surface area contributed by atoms with Crippen LogP contribution in [0.4, 0.5) is 0 Å². The summed E-state index contributed by atoms with van der Waals surface area (Å²) < 4.78 is 5.55. The molecule has 21 heavy (non-hydrogen) atoms. The normalized spacial score (nSPS) is 28.9. The van der Waals surface area contributed by atoms with Crippen molar-refractivity contribution in [2.24, 2.45) is 17.6 Å². The summed E-state index contributed by atoms with van der Waals surface area (Å²) in [6.07, 6.45) is 5.31. The van der Waals surface area contributed by atoms with Crippen LogP contribution >= 0.6 is 0 Å². The van der Waals surface area contributed by atoms with Gasteiger partial charge in [-0.05, 0) is 36.7 Å². The minimum absolute atomic E-state index is 0.00559. The van der Waals surface area contributed by atoms with E-state index in [0.29, 0.717) is 18.4 Å². The first kappa shape index (κ1) is 13.0. The summed E-state index contributed by atoms with van der Waals surface area (Å²) in [7, 11) is 0. The van der Waals surface area contributed by atoms with Crippen LogP contribution in [0.2, 0.25) is 0 Å². The second-order valence-electron chi connectivity index (χ2n) is 6.47. The Kier molecular flexibility index (Phi) is 3.26. The SMILES string of the molecule is NCC(c1ccccc1)c1nc(C2CC3CCC2C3)no1. The molecule has 0 radical (unpaired) electrons. The summed E-state index contributed by atoms with van der Waals surface area (Å²) in [4.78, 5) is 4.70. The maximum absolute atomic E-state index is 5.93. The van der Waals surface area contributed by atoms with E-state index < -0.39 is 0 Å². The molecule has 1 aromatic carbocycles. The second-order valence-corrected chi connectivity index (χ2v) is 6.47. The van der Waals surface area contributed by atoms with E-state index >= 15 is 0 Å². The minimum Gasteiger partial charge on any atom is -0.339 e. The lowest BCUT2D eigenvalue weighted by Crippen LogP contribution is -2.15. The third kappa shape index (κ3) is 2.27. The fourth-order valence-corrected chi connectivity index (χ4v) is 4.17. The Morgan fingerprint density at radius 2 is 2.05 bits per heavy atom. The second kappa shape index (κ2) is 5.26. The van der Waals surface area contributed by atoms with Crippen molar-refractivity contribution < 1.29 is 4.52 Å². The third-order valence-electron chi connectivity index (χ3n) is 5.26. The molecule has 2 aliphatic rings. The molecule has 2 fully saturated rings. The first-order chi connectivity index (χ1) is 10.3. The zero-order valence-electron chi connectivity index (χ0n) is 12.1. The first-order valence-corrected chi connectivity index (χ1v) is 7.93. The average molecular weight is 283 g/mol. The molecule has 0 saturated heterocycles. The van der Waals surface area contributed by atoms with E-state index in [4.69, 9.17) is 15.2 Å². The maximum atomic E-state index is 5.93. The number of hydrogen-bond acceptors (Lipinski definition) is 4. The molecule has 4 nitrogen and oxygen atoms in total. The summed E-state index contributed by atoms with van der Waals surface area (Å²) in [5, 5.41) is 4.27. The van der Waals surface area contributed by atoms with Crippen molar-refractivity contribution >= 4 is 0 Å². The molecular formula is C17H21N3O. The van der Waals surface area contributed by atoms with Gasteiger partial charge in [0.05, 0.1) is 5.92 Å². The fourth-order valence-electron chi connectivity index (χ4n) is 4.17. The lowest BCUT2D eigenvalue weighted by Gasteiger charge is -2.17. The molecule has 2 bridgehead atoms. The minimum atomic E-state index is 0.00559. The quantitative estimate of drug-likeness (QED) is 0.936. The summed E-state index contributed by atoms with van der Waals surface area (Å²) in [6, 6.07) is 10.2. The first-order valence-electron chi connectivity index (χ1n) is 7.93. The molecular weight excluding hydrogens is 262 g/mol. The highest BCUT2D eigenvalue weighted by atomic mass is 16.5. The van der Waals surface area contributed by atoms with Crippen LogP contribution in [0.1, 0.15) is 54.8 Å². The molecule has 1 heterocycles. The van der Waals surface area contributed by atoms with E-state index in [2.05, 4.69) is 17.3 Å². The Morgan fingerprint density at radius 3 is 2.71 bits per heavy atom. The van der Waals surface area contributed by atoms with Crippen LogP contribution in [0.3, 0.4) is 0 Å². The summed E-state index contributed by atoms with van der Waals surface area (Å²) >= 11 is 0. The maximum Gasteiger partial charge on any atom is 0.235 e. The summed E-state index contributed by atoms with van der Waals surface area (Å²) in [5.74, 6) is 3.75. The third-order valence-corrected chi connectivity index (χ3v) is 5.26. The van der Waals surface area contributed by atoms with E-state index in [1.165, 1.54) is 25.7 Å². The van der Waals surface area contributed by atoms with Crippen molar-refractivity contribution in [2.45, 2.75) is 37.5 Å². The summed E-state index contributed by atoms with van der Waals surface area (Å²) in [6.45, 7) is 0.488. The van der Waals surface area contributed by atoms with Gasteiger partial charge in [-0.2, -0.15) is 4.98 Å². The zero-order valence-corrected chi connectivity index (χ0v) is 12.1. The Bertz CT molecular complexity index is 610. The molecule has 2 N–H and O–H groups in total. The highest BCUT2D eigenvalue weighted by molar-refractivity contribution is 5.25. The van der Waals surface area contributed by atoms with Crippen LogP contribution in [-0.4, -0.2) is 16.7 Å². The van der Waals surface area contributed by atoms with Gasteiger partial charge in [-0.15, -0.1) is 0 Å². The number of rotatable bonds is 4. The molecule has 110 valence electrons. The Hall–Kier alpha value is -1.68. The van der Waals surface area contributed by atoms with Gasteiger partial charge < -0.3 is 10.3 Å². The monoisotopic (exact) mass is 283 g/mol. The molecule has 0 spiro atoms. The standard InChI is InChI=1S/C17H21N3O/c18-10-15(12-4-2-1-3-5-12)17-19-16(20-21-17)14-9-11-6-7-13(14)8-11/h1-5,11,13-15H,6-10,18H2. The van der Waals surface area contributed by atoms with Crippen molar-refractivity contribution in [1.29, 1.82) is 0 Å². The van der Waals surface area contributed by atoms with Crippen LogP contribution in [0.5, 0.6) is 0 Å². The molecule has 4 rings (SSSR count). The summed E-state index contributed by atoms with van der Waals surface area (Å²) in [5.41, 5.74) is 7.07. The van der Waals surface area contributed by atoms with Gasteiger partial charge >= 0.3 is 0 Å². The molecule has 2 saturated carbocycles. The highest BCUT2D eigenvalue weighted by Gasteiger charge is 2.42. The van der Waals surface area contributed by atoms with Crippen molar-refractivity contribution in [2.75, 3.05) is 6.54 Å². The van der Waals surface area contributed by atoms with Crippen molar-refractivity contribution in [3.05, 3.63) is 47.6 Å². The molecule has 4 atom stereocenters. The van der Waals surface area contributed by atoms with Gasteiger partial charge in [-0.3, -0.25) is 0 Å². The predicted octanol–water partition coefficient (Wildman–Crippen LogP) is 3.06. The van der Waals surface area contributed by atoms with Crippen molar-refractivity contribution in [1.82, 2.24) is 10.1 Å². The Balaban J connectivity index is 1.59. The lowest BCUT2D eigenvalue weighted by molar-refractivity contribution is 0.345. The van der Waals surface area contributed by atoms with Crippen LogP contribution in [-0.2, 0) is 0 Å². The molecule has 4 heteroatoms. The van der Waals surface area contributed by atoms with E-state index in [0.717, 1.165) is 23.2 Å². The van der Waals surface area contributed by atoms with E-state index in [1.54, 1.807) is 0 Å². The van der Waals surface area contributed by atoms with Crippen LogP contribution in [0, 0.1) is 11.8 Å². The number of benzene rings is 1. The highest BCUT2D eigenvalue weighted by Crippen LogP contribution is 2.52. The number of hydrogen-bond donors (Lipinski definition) is 1. The van der Waals surface area contributed by atoms with Gasteiger partial charge in [-0.1, -0.05) is 41.9 Å². The smallest absolute Gasteiger partial charge is 0.235 e. The molecule has 4 unspecified atom stereocenters. The molecule has 2 aliphatic carbocycles. The van der Waals surface area contributed by atoms with Gasteiger partial charge in [0, 0.05) is 12.5 Å². The van der Waals surface area contributed by atoms with Crippen molar-refractivity contribution in [3.63, 3.8) is 0 Å². The lowest BCUT2D eigenvalue weighted by atomic mass is 9.88. The van der Waals surface area contributed by atoms with Crippen molar-refractivity contribution in [3.8, 4) is 0 Å². The number of fused-ring (bicyclic) bond motifs is 2.